The number of hydrogen-bond acceptors (Lipinski definition) is 5. The Morgan fingerprint density at radius 1 is 1.41 bits per heavy atom. The lowest BCUT2D eigenvalue weighted by Crippen LogP contribution is -2.44. The van der Waals surface area contributed by atoms with E-state index in [9.17, 15) is 4.79 Å². The van der Waals surface area contributed by atoms with Crippen molar-refractivity contribution < 1.29 is 13.6 Å². The van der Waals surface area contributed by atoms with E-state index in [1.807, 2.05) is 11.0 Å². The summed E-state index contributed by atoms with van der Waals surface area (Å²) in [6.07, 6.45) is 6.86. The second-order valence-corrected chi connectivity index (χ2v) is 5.87. The van der Waals surface area contributed by atoms with Gasteiger partial charge in [-0.15, -0.1) is 10.2 Å². The smallest absolute Gasteiger partial charge is 0.221 e. The van der Waals surface area contributed by atoms with E-state index < -0.39 is 0 Å². The summed E-state index contributed by atoms with van der Waals surface area (Å²) in [5.74, 6) is 1.54. The van der Waals surface area contributed by atoms with Crippen molar-refractivity contribution >= 4 is 5.91 Å². The Labute approximate surface area is 129 Å². The molecule has 6 nitrogen and oxygen atoms in total. The van der Waals surface area contributed by atoms with Crippen LogP contribution in [0.4, 0.5) is 0 Å². The van der Waals surface area contributed by atoms with Gasteiger partial charge in [0, 0.05) is 25.9 Å². The van der Waals surface area contributed by atoms with Crippen LogP contribution < -0.4 is 0 Å². The highest BCUT2D eigenvalue weighted by atomic mass is 16.4. The van der Waals surface area contributed by atoms with Crippen molar-refractivity contribution in [3.05, 3.63) is 35.9 Å². The molecular weight excluding hydrogens is 282 g/mol. The molecule has 0 N–H and O–H groups in total. The molecule has 0 radical (unpaired) electrons. The molecule has 3 heterocycles. The number of nitrogens with zero attached hydrogens (tertiary/aromatic N) is 3. The average Bonchev–Trinajstić information content (AvgIpc) is 3.16. The van der Waals surface area contributed by atoms with Crippen LogP contribution in [-0.4, -0.2) is 33.6 Å². The number of carbonyl (C=O) groups excluding carboxylic acids is 1. The molecule has 0 saturated carbocycles. The minimum absolute atomic E-state index is 0.105. The molecule has 1 aliphatic rings. The van der Waals surface area contributed by atoms with Gasteiger partial charge in [0.05, 0.1) is 18.4 Å². The van der Waals surface area contributed by atoms with Gasteiger partial charge in [0.25, 0.3) is 0 Å². The minimum atomic E-state index is 0.105. The zero-order valence-corrected chi connectivity index (χ0v) is 13.0. The fourth-order valence-corrected chi connectivity index (χ4v) is 3.12. The predicted octanol–water partition coefficient (Wildman–Crippen LogP) is 2.56. The molecule has 2 atom stereocenters. The molecule has 2 aromatic rings. The van der Waals surface area contributed by atoms with Crippen molar-refractivity contribution in [2.24, 2.45) is 0 Å². The fraction of sp³-hybridized carbons (Fsp3) is 0.562. The molecule has 3 rings (SSSR count). The Balaban J connectivity index is 1.66. The normalized spacial score (nSPS) is 22.0. The number of likely N-dealkylation sites (tertiary alicyclic amines) is 1. The largest absolute Gasteiger partial charge is 0.472 e. The number of hydrogen-bond donors (Lipinski definition) is 0. The second kappa shape index (κ2) is 6.34. The summed E-state index contributed by atoms with van der Waals surface area (Å²) < 4.78 is 10.9. The van der Waals surface area contributed by atoms with Crippen LogP contribution in [0.2, 0.25) is 0 Å². The fourth-order valence-electron chi connectivity index (χ4n) is 3.12. The van der Waals surface area contributed by atoms with Crippen LogP contribution in [0.1, 0.15) is 50.0 Å². The van der Waals surface area contributed by atoms with Gasteiger partial charge >= 0.3 is 0 Å². The third-order valence-corrected chi connectivity index (χ3v) is 4.40. The van der Waals surface area contributed by atoms with E-state index in [-0.39, 0.29) is 17.9 Å². The van der Waals surface area contributed by atoms with Gasteiger partial charge < -0.3 is 13.7 Å². The Bertz CT molecular complexity index is 620. The molecule has 6 heteroatoms. The highest BCUT2D eigenvalue weighted by Crippen LogP contribution is 2.31. The number of rotatable bonds is 4. The van der Waals surface area contributed by atoms with Crippen LogP contribution in [0, 0.1) is 0 Å². The van der Waals surface area contributed by atoms with Crippen molar-refractivity contribution in [2.75, 3.05) is 6.54 Å². The number of carbonyl (C=O) groups is 1. The zero-order valence-electron chi connectivity index (χ0n) is 13.0. The van der Waals surface area contributed by atoms with Crippen LogP contribution in [0.5, 0.6) is 0 Å². The number of furan rings is 1. The van der Waals surface area contributed by atoms with E-state index in [0.717, 1.165) is 31.4 Å². The van der Waals surface area contributed by atoms with Crippen LogP contribution in [0.3, 0.4) is 0 Å². The van der Waals surface area contributed by atoms with Gasteiger partial charge in [0.15, 0.2) is 0 Å². The second-order valence-electron chi connectivity index (χ2n) is 5.87. The Kier molecular flexibility index (Phi) is 4.27. The van der Waals surface area contributed by atoms with Gasteiger partial charge in [0.2, 0.25) is 17.7 Å². The van der Waals surface area contributed by atoms with Gasteiger partial charge in [-0.1, -0.05) is 0 Å². The van der Waals surface area contributed by atoms with Gasteiger partial charge in [-0.25, -0.2) is 0 Å². The third-order valence-electron chi connectivity index (χ3n) is 4.40. The highest BCUT2D eigenvalue weighted by molar-refractivity contribution is 5.73. The van der Waals surface area contributed by atoms with E-state index in [1.54, 1.807) is 19.5 Å². The van der Waals surface area contributed by atoms with Crippen molar-refractivity contribution in [3.8, 4) is 0 Å². The molecule has 0 unspecified atom stereocenters. The maximum absolute atomic E-state index is 11.7. The molecule has 0 aromatic carbocycles. The van der Waals surface area contributed by atoms with Crippen molar-refractivity contribution in [1.29, 1.82) is 0 Å². The molecule has 1 amide bonds. The summed E-state index contributed by atoms with van der Waals surface area (Å²) in [5.41, 5.74) is 1.12. The first-order chi connectivity index (χ1) is 10.6. The maximum Gasteiger partial charge on any atom is 0.221 e. The lowest BCUT2D eigenvalue weighted by molar-refractivity contribution is -0.132. The SMILES string of the molecule is CC(=O)N1CCC[C@H](c2nnc(CCc3ccoc3)o2)[C@@H]1C. The van der Waals surface area contributed by atoms with E-state index in [0.29, 0.717) is 18.2 Å². The monoisotopic (exact) mass is 303 g/mol. The van der Waals surface area contributed by atoms with Crippen LogP contribution in [0.25, 0.3) is 0 Å². The van der Waals surface area contributed by atoms with Crippen molar-refractivity contribution in [2.45, 2.75) is 51.5 Å². The molecule has 2 aromatic heterocycles. The van der Waals surface area contributed by atoms with Gasteiger partial charge in [-0.3, -0.25) is 4.79 Å². The minimum Gasteiger partial charge on any atom is -0.472 e. The molecule has 118 valence electrons. The summed E-state index contributed by atoms with van der Waals surface area (Å²) in [4.78, 5) is 13.6. The lowest BCUT2D eigenvalue weighted by Gasteiger charge is -2.37. The molecule has 1 fully saturated rings. The molecule has 0 aliphatic carbocycles. The van der Waals surface area contributed by atoms with E-state index in [1.165, 1.54) is 0 Å². The first-order valence-corrected chi connectivity index (χ1v) is 7.75. The number of aryl methyl sites for hydroxylation is 2. The zero-order chi connectivity index (χ0) is 15.5. The summed E-state index contributed by atoms with van der Waals surface area (Å²) in [7, 11) is 0. The summed E-state index contributed by atoms with van der Waals surface area (Å²) in [6, 6.07) is 2.04. The maximum atomic E-state index is 11.7. The van der Waals surface area contributed by atoms with E-state index in [4.69, 9.17) is 8.83 Å². The lowest BCUT2D eigenvalue weighted by atomic mass is 9.90. The Morgan fingerprint density at radius 2 is 2.27 bits per heavy atom. The van der Waals surface area contributed by atoms with Crippen molar-refractivity contribution in [3.63, 3.8) is 0 Å². The van der Waals surface area contributed by atoms with E-state index in [2.05, 4.69) is 17.1 Å². The summed E-state index contributed by atoms with van der Waals surface area (Å²) >= 11 is 0. The molecule has 22 heavy (non-hydrogen) atoms. The van der Waals surface area contributed by atoms with Gasteiger partial charge in [-0.2, -0.15) is 0 Å². The highest BCUT2D eigenvalue weighted by Gasteiger charge is 2.33. The topological polar surface area (TPSA) is 72.4 Å². The molecule has 0 spiro atoms. The van der Waals surface area contributed by atoms with Gasteiger partial charge in [-0.05, 0) is 37.8 Å². The summed E-state index contributed by atoms with van der Waals surface area (Å²) in [5, 5.41) is 8.35. The van der Waals surface area contributed by atoms with E-state index >= 15 is 0 Å². The number of aromatic nitrogens is 2. The van der Waals surface area contributed by atoms with Gasteiger partial charge in [0.1, 0.15) is 0 Å². The molecule has 1 aliphatic heterocycles. The Morgan fingerprint density at radius 3 is 3.00 bits per heavy atom. The molecule has 0 bridgehead atoms. The number of amides is 1. The quantitative estimate of drug-likeness (QED) is 0.868. The number of piperidine rings is 1. The molecule has 1 saturated heterocycles. The third kappa shape index (κ3) is 3.05. The molecular formula is C16H21N3O3. The summed E-state index contributed by atoms with van der Waals surface area (Å²) in [6.45, 7) is 4.48. The average molecular weight is 303 g/mol. The Hall–Kier alpha value is -2.11. The van der Waals surface area contributed by atoms with Crippen molar-refractivity contribution in [1.82, 2.24) is 15.1 Å². The standard InChI is InChI=1S/C16H21N3O3/c1-11-14(4-3-8-19(11)12(2)20)16-18-17-15(22-16)6-5-13-7-9-21-10-13/h7,9-11,14H,3-6,8H2,1-2H3/t11-,14-/m0/s1. The van der Waals surface area contributed by atoms with Crippen LogP contribution >= 0.6 is 0 Å². The first kappa shape index (κ1) is 14.8. The van der Waals surface area contributed by atoms with Crippen LogP contribution in [0.15, 0.2) is 27.4 Å². The predicted molar refractivity (Wildman–Crippen MR) is 79.2 cm³/mol. The van der Waals surface area contributed by atoms with Crippen LogP contribution in [-0.2, 0) is 17.6 Å². The first-order valence-electron chi connectivity index (χ1n) is 7.75.